The predicted molar refractivity (Wildman–Crippen MR) is 140 cm³/mol. The molecule has 2 aromatic carbocycles. The molecule has 36 heavy (non-hydrogen) atoms. The molecule has 0 atom stereocenters. The van der Waals surface area contributed by atoms with E-state index < -0.39 is 0 Å². The first kappa shape index (κ1) is 23.8. The molecule has 5 rings (SSSR count). The lowest BCUT2D eigenvalue weighted by atomic mass is 10.1. The fraction of sp³-hybridized carbons (Fsp3) is 0.250. The number of ether oxygens (including phenoxy) is 1. The van der Waals surface area contributed by atoms with Crippen molar-refractivity contribution in [3.05, 3.63) is 83.9 Å². The van der Waals surface area contributed by atoms with Crippen LogP contribution in [-0.4, -0.2) is 39.3 Å². The van der Waals surface area contributed by atoms with Gasteiger partial charge < -0.3 is 14.1 Å². The van der Waals surface area contributed by atoms with Gasteiger partial charge in [0.25, 0.3) is 0 Å². The van der Waals surface area contributed by atoms with Gasteiger partial charge >= 0.3 is 5.97 Å². The smallest absolute Gasteiger partial charge is 0.306 e. The highest BCUT2D eigenvalue weighted by Gasteiger charge is 2.18. The van der Waals surface area contributed by atoms with E-state index in [0.29, 0.717) is 31.9 Å². The molecule has 0 bridgehead atoms. The quantitative estimate of drug-likeness (QED) is 0.229. The van der Waals surface area contributed by atoms with E-state index in [4.69, 9.17) is 14.1 Å². The summed E-state index contributed by atoms with van der Waals surface area (Å²) in [6, 6.07) is 18.3. The molecule has 7 nitrogen and oxygen atoms in total. The Balaban J connectivity index is 1.32. The molecule has 184 valence electrons. The third kappa shape index (κ3) is 5.33. The topological polar surface area (TPSA) is 77.1 Å². The summed E-state index contributed by atoms with van der Waals surface area (Å²) in [4.78, 5) is 32.2. The lowest BCUT2D eigenvalue weighted by Crippen LogP contribution is -2.32. The van der Waals surface area contributed by atoms with Crippen LogP contribution in [0.3, 0.4) is 0 Å². The third-order valence-electron chi connectivity index (χ3n) is 6.09. The molecule has 3 heterocycles. The van der Waals surface area contributed by atoms with Crippen molar-refractivity contribution < 1.29 is 18.7 Å². The average Bonchev–Trinajstić information content (AvgIpc) is 3.63. The normalized spacial score (nSPS) is 11.2. The first-order valence-electron chi connectivity index (χ1n) is 12.0. The Morgan fingerprint density at radius 1 is 1.08 bits per heavy atom. The highest BCUT2D eigenvalue weighted by Crippen LogP contribution is 2.27. The second-order valence-corrected chi connectivity index (χ2v) is 9.35. The largest absolute Gasteiger partial charge is 0.467 e. The standard InChI is InChI=1S/C28H27N3O4S/c1-2-34-27(33)12-11-26(32)30(17-24-8-5-15-35-24)14-13-23-19-36-28-29-25(18-31(23)28)22-10-9-20-6-3-4-7-21(20)16-22/h3-10,15-16,18-19H,2,11-14,17H2,1H3. The van der Waals surface area contributed by atoms with Crippen LogP contribution in [0.4, 0.5) is 0 Å². The van der Waals surface area contributed by atoms with E-state index in [1.807, 2.05) is 18.2 Å². The van der Waals surface area contributed by atoms with Crippen molar-refractivity contribution >= 4 is 38.9 Å². The minimum absolute atomic E-state index is 0.0701. The van der Waals surface area contributed by atoms with Gasteiger partial charge in [0, 0.05) is 42.2 Å². The highest BCUT2D eigenvalue weighted by molar-refractivity contribution is 7.15. The van der Waals surface area contributed by atoms with E-state index >= 15 is 0 Å². The molecule has 0 saturated carbocycles. The zero-order valence-electron chi connectivity index (χ0n) is 20.1. The lowest BCUT2D eigenvalue weighted by Gasteiger charge is -2.21. The van der Waals surface area contributed by atoms with Gasteiger partial charge in [-0.05, 0) is 35.9 Å². The number of rotatable bonds is 10. The number of nitrogens with zero attached hydrogens (tertiary/aromatic N) is 3. The van der Waals surface area contributed by atoms with Crippen LogP contribution in [-0.2, 0) is 27.3 Å². The van der Waals surface area contributed by atoms with Gasteiger partial charge in [-0.1, -0.05) is 36.4 Å². The van der Waals surface area contributed by atoms with Gasteiger partial charge in [0.1, 0.15) is 5.76 Å². The summed E-state index contributed by atoms with van der Waals surface area (Å²) in [5.41, 5.74) is 3.08. The van der Waals surface area contributed by atoms with E-state index in [1.165, 1.54) is 10.8 Å². The molecule has 3 aromatic heterocycles. The Bertz CT molecular complexity index is 1490. The van der Waals surface area contributed by atoms with Crippen molar-refractivity contribution in [2.75, 3.05) is 13.2 Å². The molecule has 8 heteroatoms. The van der Waals surface area contributed by atoms with Crippen molar-refractivity contribution in [1.29, 1.82) is 0 Å². The summed E-state index contributed by atoms with van der Waals surface area (Å²) in [7, 11) is 0. The van der Waals surface area contributed by atoms with E-state index in [1.54, 1.807) is 35.5 Å². The Labute approximate surface area is 212 Å². The molecular formula is C28H27N3O4S. The Kier molecular flexibility index (Phi) is 7.13. The SMILES string of the molecule is CCOC(=O)CCC(=O)N(CCc1csc2nc(-c3ccc4ccccc4c3)cn12)Cc1ccco1. The number of imidazole rings is 1. The van der Waals surface area contributed by atoms with Gasteiger partial charge in [-0.25, -0.2) is 4.98 Å². The first-order chi connectivity index (χ1) is 17.6. The molecular weight excluding hydrogens is 474 g/mol. The van der Waals surface area contributed by atoms with Gasteiger partial charge in [0.2, 0.25) is 5.91 Å². The van der Waals surface area contributed by atoms with Crippen molar-refractivity contribution in [2.45, 2.75) is 32.7 Å². The summed E-state index contributed by atoms with van der Waals surface area (Å²) in [6.07, 6.45) is 4.49. The summed E-state index contributed by atoms with van der Waals surface area (Å²) in [5, 5.41) is 4.47. The molecule has 0 unspecified atom stereocenters. The van der Waals surface area contributed by atoms with Gasteiger partial charge in [0.05, 0.1) is 31.5 Å². The van der Waals surface area contributed by atoms with Crippen LogP contribution in [0.25, 0.3) is 27.0 Å². The molecule has 0 aliphatic carbocycles. The zero-order valence-corrected chi connectivity index (χ0v) is 20.9. The molecule has 0 spiro atoms. The predicted octanol–water partition coefficient (Wildman–Crippen LogP) is 5.72. The van der Waals surface area contributed by atoms with Crippen molar-refractivity contribution in [3.8, 4) is 11.3 Å². The van der Waals surface area contributed by atoms with Crippen LogP contribution in [0, 0.1) is 0 Å². The van der Waals surface area contributed by atoms with E-state index in [0.717, 1.165) is 21.9 Å². The van der Waals surface area contributed by atoms with Crippen LogP contribution in [0.2, 0.25) is 0 Å². The molecule has 0 radical (unpaired) electrons. The van der Waals surface area contributed by atoms with Crippen LogP contribution >= 0.6 is 11.3 Å². The van der Waals surface area contributed by atoms with Gasteiger partial charge in [-0.2, -0.15) is 0 Å². The fourth-order valence-electron chi connectivity index (χ4n) is 4.23. The van der Waals surface area contributed by atoms with Crippen LogP contribution < -0.4 is 0 Å². The van der Waals surface area contributed by atoms with E-state index in [2.05, 4.69) is 46.3 Å². The monoisotopic (exact) mass is 501 g/mol. The maximum absolute atomic E-state index is 13.0. The molecule has 0 saturated heterocycles. The van der Waals surface area contributed by atoms with Crippen molar-refractivity contribution in [1.82, 2.24) is 14.3 Å². The van der Waals surface area contributed by atoms with Crippen LogP contribution in [0.5, 0.6) is 0 Å². The number of amides is 1. The maximum Gasteiger partial charge on any atom is 0.306 e. The van der Waals surface area contributed by atoms with Gasteiger partial charge in [0.15, 0.2) is 4.96 Å². The van der Waals surface area contributed by atoms with E-state index in [9.17, 15) is 9.59 Å². The number of hydrogen-bond donors (Lipinski definition) is 0. The van der Waals surface area contributed by atoms with Crippen LogP contribution in [0.15, 0.2) is 76.9 Å². The summed E-state index contributed by atoms with van der Waals surface area (Å²) in [6.45, 7) is 2.92. The number of aromatic nitrogens is 2. The zero-order chi connectivity index (χ0) is 24.9. The summed E-state index contributed by atoms with van der Waals surface area (Å²) in [5.74, 6) is 0.243. The van der Waals surface area contributed by atoms with Crippen molar-refractivity contribution in [2.24, 2.45) is 0 Å². The van der Waals surface area contributed by atoms with Crippen molar-refractivity contribution in [3.63, 3.8) is 0 Å². The van der Waals surface area contributed by atoms with Gasteiger partial charge in [-0.15, -0.1) is 11.3 Å². The molecule has 0 N–H and O–H groups in total. The van der Waals surface area contributed by atoms with Gasteiger partial charge in [-0.3, -0.25) is 14.0 Å². The number of furan rings is 1. The fourth-order valence-corrected chi connectivity index (χ4v) is 5.14. The first-order valence-corrected chi connectivity index (χ1v) is 12.9. The third-order valence-corrected chi connectivity index (χ3v) is 6.98. The maximum atomic E-state index is 13.0. The lowest BCUT2D eigenvalue weighted by molar-refractivity contribution is -0.145. The second kappa shape index (κ2) is 10.8. The number of benzene rings is 2. The highest BCUT2D eigenvalue weighted by atomic mass is 32.1. The minimum Gasteiger partial charge on any atom is -0.467 e. The number of carbonyl (C=O) groups excluding carboxylic acids is 2. The number of carbonyl (C=O) groups is 2. The second-order valence-electron chi connectivity index (χ2n) is 8.52. The number of fused-ring (bicyclic) bond motifs is 2. The summed E-state index contributed by atoms with van der Waals surface area (Å²) < 4.78 is 12.5. The molecule has 0 fully saturated rings. The van der Waals surface area contributed by atoms with E-state index in [-0.39, 0.29) is 24.7 Å². The molecule has 1 amide bonds. The van der Waals surface area contributed by atoms with Crippen LogP contribution in [0.1, 0.15) is 31.2 Å². The molecule has 0 aliphatic rings. The average molecular weight is 502 g/mol. The molecule has 5 aromatic rings. The number of esters is 1. The Morgan fingerprint density at radius 2 is 1.94 bits per heavy atom. The Morgan fingerprint density at radius 3 is 2.75 bits per heavy atom. The number of hydrogen-bond acceptors (Lipinski definition) is 6. The minimum atomic E-state index is -0.358. The number of thiazole rings is 1. The summed E-state index contributed by atoms with van der Waals surface area (Å²) >= 11 is 1.59. The molecule has 0 aliphatic heterocycles. The Hall–Kier alpha value is -3.91.